The summed E-state index contributed by atoms with van der Waals surface area (Å²) in [5, 5.41) is 12.4. The molecule has 0 bridgehead atoms. The molecule has 0 radical (unpaired) electrons. The maximum absolute atomic E-state index is 12.4. The molecule has 70 heavy (non-hydrogen) atoms. The van der Waals surface area contributed by atoms with Crippen molar-refractivity contribution in [2.45, 2.75) is 292 Å². The van der Waals surface area contributed by atoms with Crippen LogP contribution in [0.4, 0.5) is 0 Å². The summed E-state index contributed by atoms with van der Waals surface area (Å²) >= 11 is 0. The summed E-state index contributed by atoms with van der Waals surface area (Å²) in [5.74, 6) is 1.28. The van der Waals surface area contributed by atoms with Crippen molar-refractivity contribution in [3.63, 3.8) is 0 Å². The Labute approximate surface area is 434 Å². The van der Waals surface area contributed by atoms with E-state index in [0.717, 1.165) is 19.3 Å². The minimum Gasteiger partial charge on any atom is -0.508 e. The van der Waals surface area contributed by atoms with Gasteiger partial charge < -0.3 is 5.11 Å². The topological polar surface area (TPSA) is 20.2 Å². The van der Waals surface area contributed by atoms with Gasteiger partial charge in [-0.25, -0.2) is 0 Å². The van der Waals surface area contributed by atoms with Crippen LogP contribution in [0, 0.1) is 0 Å². The molecule has 0 aromatic heterocycles. The molecule has 4 aromatic carbocycles. The lowest BCUT2D eigenvalue weighted by atomic mass is 9.75. The highest BCUT2D eigenvalue weighted by molar-refractivity contribution is 5.52. The monoisotopic (exact) mass is 953 g/mol. The molecule has 0 aliphatic rings. The highest BCUT2D eigenvalue weighted by Gasteiger charge is 2.28. The van der Waals surface area contributed by atoms with Gasteiger partial charge in [0.05, 0.1) is 0 Å². The third kappa shape index (κ3) is 19.6. The molecule has 0 aliphatic carbocycles. The summed E-state index contributed by atoms with van der Waals surface area (Å²) < 4.78 is 0. The minimum absolute atomic E-state index is 0.188. The average molecular weight is 954 g/mol. The van der Waals surface area contributed by atoms with Crippen molar-refractivity contribution in [3.8, 4) is 5.75 Å². The number of unbranched alkanes of at least 4 members (excludes halogenated alkanes) is 18. The van der Waals surface area contributed by atoms with Gasteiger partial charge >= 0.3 is 0 Å². The molecule has 4 aromatic rings. The third-order valence-electron chi connectivity index (χ3n) is 16.2. The van der Waals surface area contributed by atoms with E-state index in [4.69, 9.17) is 0 Å². The quantitative estimate of drug-likeness (QED) is 0.0442. The second-order valence-electron chi connectivity index (χ2n) is 22.3. The fourth-order valence-corrected chi connectivity index (χ4v) is 12.2. The normalized spacial score (nSPS) is 13.0. The van der Waals surface area contributed by atoms with Gasteiger partial charge in [0, 0.05) is 5.56 Å². The molecular weight excluding hydrogens is 845 g/mol. The molecule has 0 amide bonds. The molecule has 3 unspecified atom stereocenters. The van der Waals surface area contributed by atoms with Crippen LogP contribution in [0.25, 0.3) is 0 Å². The fourth-order valence-electron chi connectivity index (χ4n) is 12.2. The maximum atomic E-state index is 12.4. The van der Waals surface area contributed by atoms with Crippen LogP contribution >= 0.6 is 0 Å². The molecular formula is C69H108O. The van der Waals surface area contributed by atoms with Gasteiger partial charge in [-0.2, -0.15) is 0 Å². The lowest BCUT2D eigenvalue weighted by Gasteiger charge is -2.29. The second-order valence-corrected chi connectivity index (χ2v) is 22.3. The number of aryl methyl sites for hydroxylation is 3. The van der Waals surface area contributed by atoms with E-state index >= 15 is 0 Å². The molecule has 1 nitrogen and oxygen atoms in total. The molecule has 1 heteroatoms. The summed E-state index contributed by atoms with van der Waals surface area (Å²) in [5.41, 5.74) is 18.4. The first-order valence-corrected chi connectivity index (χ1v) is 30.4. The molecule has 0 saturated carbocycles. The van der Waals surface area contributed by atoms with Crippen molar-refractivity contribution in [3.05, 3.63) is 133 Å². The van der Waals surface area contributed by atoms with Crippen LogP contribution in [0.5, 0.6) is 5.75 Å². The van der Waals surface area contributed by atoms with Gasteiger partial charge in [0.15, 0.2) is 0 Å². The third-order valence-corrected chi connectivity index (χ3v) is 16.2. The number of hydrogen-bond donors (Lipinski definition) is 1. The molecule has 4 rings (SSSR count). The van der Waals surface area contributed by atoms with Gasteiger partial charge in [-0.05, 0) is 181 Å². The molecule has 0 saturated heterocycles. The first kappa shape index (κ1) is 59.2. The lowest BCUT2D eigenvalue weighted by Crippen LogP contribution is -2.15. The van der Waals surface area contributed by atoms with Gasteiger partial charge in [0.1, 0.15) is 5.75 Å². The molecule has 0 spiro atoms. The van der Waals surface area contributed by atoms with Crippen LogP contribution in [0.3, 0.4) is 0 Å². The summed E-state index contributed by atoms with van der Waals surface area (Å²) in [4.78, 5) is 0. The minimum atomic E-state index is 0.188. The van der Waals surface area contributed by atoms with Crippen LogP contribution in [-0.2, 0) is 57.8 Å². The lowest BCUT2D eigenvalue weighted by molar-refractivity contribution is 0.458. The molecule has 0 heterocycles. The number of hydrogen-bond acceptors (Lipinski definition) is 1. The Hall–Kier alpha value is -3.32. The first-order chi connectivity index (χ1) is 34.2. The average Bonchev–Trinajstić information content (AvgIpc) is 3.36. The standard InChI is InChI=1S/C69H108O/c1-10-16-22-28-37-57-40-34-43-60(64(57)46-31-25-19-13-4)51-54(7)63-49-50-67(70)69(56(9)53-62-45-36-42-59(39-30-24-18-12-3)66(62)48-33-27-21-15-6)68(63)55(8)52-61-44-35-41-58(38-29-23-17-11-2)65(61)47-32-26-20-14-5/h34-36,40-45,49-50,54-56,70H,10-33,37-39,46-48,51-53H2,1-9H3. The van der Waals surface area contributed by atoms with Crippen molar-refractivity contribution >= 4 is 0 Å². The molecule has 0 aliphatic heterocycles. The van der Waals surface area contributed by atoms with Crippen molar-refractivity contribution < 1.29 is 5.11 Å². The van der Waals surface area contributed by atoms with Gasteiger partial charge in [-0.3, -0.25) is 0 Å². The molecule has 3 atom stereocenters. The number of rotatable bonds is 39. The van der Waals surface area contributed by atoms with E-state index in [1.54, 1.807) is 44.5 Å². The summed E-state index contributed by atoms with van der Waals surface area (Å²) in [6.07, 6.45) is 41.3. The SMILES string of the molecule is CCCCCCc1cccc(CC(C)c2ccc(O)c(C(C)Cc3cccc(CCCCCC)c3CCCCCC)c2C(C)Cc2cccc(CCCCCC)c2CCCCCC)c1CCCCCC. The van der Waals surface area contributed by atoms with Crippen molar-refractivity contribution in [2.24, 2.45) is 0 Å². The maximum Gasteiger partial charge on any atom is 0.119 e. The van der Waals surface area contributed by atoms with E-state index in [-0.39, 0.29) is 11.8 Å². The highest BCUT2D eigenvalue weighted by Crippen LogP contribution is 2.43. The summed E-state index contributed by atoms with van der Waals surface area (Å²) in [6, 6.07) is 26.3. The van der Waals surface area contributed by atoms with Gasteiger partial charge in [0.2, 0.25) is 0 Å². The Bertz CT molecular complexity index is 2000. The van der Waals surface area contributed by atoms with Crippen LogP contribution in [0.15, 0.2) is 66.7 Å². The summed E-state index contributed by atoms with van der Waals surface area (Å²) in [6.45, 7) is 21.4. The number of benzene rings is 4. The Morgan fingerprint density at radius 1 is 0.300 bits per heavy atom. The van der Waals surface area contributed by atoms with E-state index in [1.165, 1.54) is 215 Å². The number of phenolic OH excluding ortho intramolecular Hbond substituents is 1. The van der Waals surface area contributed by atoms with Crippen molar-refractivity contribution in [1.82, 2.24) is 0 Å². The zero-order valence-electron chi connectivity index (χ0n) is 47.4. The fraction of sp³-hybridized carbons (Fsp3) is 0.652. The highest BCUT2D eigenvalue weighted by atomic mass is 16.3. The van der Waals surface area contributed by atoms with E-state index in [1.807, 2.05) is 0 Å². The van der Waals surface area contributed by atoms with Gasteiger partial charge in [0.25, 0.3) is 0 Å². The van der Waals surface area contributed by atoms with E-state index < -0.39 is 0 Å². The zero-order chi connectivity index (χ0) is 50.4. The van der Waals surface area contributed by atoms with Crippen LogP contribution in [-0.4, -0.2) is 5.11 Å². The molecule has 390 valence electrons. The summed E-state index contributed by atoms with van der Waals surface area (Å²) in [7, 11) is 0. The smallest absolute Gasteiger partial charge is 0.119 e. The second kappa shape index (κ2) is 34.9. The molecule has 1 N–H and O–H groups in total. The Kier molecular flexibility index (Phi) is 29.6. The predicted molar refractivity (Wildman–Crippen MR) is 311 cm³/mol. The van der Waals surface area contributed by atoms with Crippen LogP contribution in [0.1, 0.15) is 301 Å². The number of aromatic hydroxyl groups is 1. The number of phenols is 1. The van der Waals surface area contributed by atoms with E-state index in [9.17, 15) is 5.11 Å². The van der Waals surface area contributed by atoms with Crippen molar-refractivity contribution in [2.75, 3.05) is 0 Å². The van der Waals surface area contributed by atoms with E-state index in [0.29, 0.717) is 11.7 Å². The first-order valence-electron chi connectivity index (χ1n) is 30.4. The zero-order valence-corrected chi connectivity index (χ0v) is 47.4. The van der Waals surface area contributed by atoms with Crippen LogP contribution < -0.4 is 0 Å². The van der Waals surface area contributed by atoms with E-state index in [2.05, 4.69) is 129 Å². The van der Waals surface area contributed by atoms with Crippen molar-refractivity contribution in [1.29, 1.82) is 0 Å². The largest absolute Gasteiger partial charge is 0.508 e. The Morgan fingerprint density at radius 2 is 0.586 bits per heavy atom. The van der Waals surface area contributed by atoms with Gasteiger partial charge in [-0.15, -0.1) is 0 Å². The Balaban J connectivity index is 1.85. The molecule has 0 fully saturated rings. The van der Waals surface area contributed by atoms with Gasteiger partial charge in [-0.1, -0.05) is 239 Å². The Morgan fingerprint density at radius 3 is 0.914 bits per heavy atom. The predicted octanol–water partition coefficient (Wildman–Crippen LogP) is 21.2. The van der Waals surface area contributed by atoms with Crippen LogP contribution in [0.2, 0.25) is 0 Å².